The summed E-state index contributed by atoms with van der Waals surface area (Å²) in [5.74, 6) is -3.34. The Labute approximate surface area is 170 Å². The minimum atomic E-state index is -1.48. The van der Waals surface area contributed by atoms with Crippen LogP contribution in [0.4, 0.5) is 0 Å². The van der Waals surface area contributed by atoms with Crippen molar-refractivity contribution in [3.05, 3.63) is 77.1 Å². The van der Waals surface area contributed by atoms with Gasteiger partial charge >= 0.3 is 17.9 Å². The zero-order valence-electron chi connectivity index (χ0n) is 15.6. The lowest BCUT2D eigenvalue weighted by molar-refractivity contribution is 0.0649. The van der Waals surface area contributed by atoms with Crippen LogP contribution in [0.3, 0.4) is 0 Å². The van der Waals surface area contributed by atoms with E-state index in [1.165, 1.54) is 0 Å². The number of carbonyl (C=O) groups is 3. The quantitative estimate of drug-likeness (QED) is 0.483. The molecule has 0 unspecified atom stereocenters. The Morgan fingerprint density at radius 3 is 2.17 bits per heavy atom. The molecule has 0 aliphatic carbocycles. The molecule has 30 heavy (non-hydrogen) atoms. The minimum absolute atomic E-state index is 0.266. The van der Waals surface area contributed by atoms with Crippen molar-refractivity contribution in [3.63, 3.8) is 0 Å². The number of H-pyrrole nitrogens is 1. The van der Waals surface area contributed by atoms with Gasteiger partial charge in [0.15, 0.2) is 0 Å². The van der Waals surface area contributed by atoms with Crippen molar-refractivity contribution in [2.24, 2.45) is 0 Å². The van der Waals surface area contributed by atoms with Gasteiger partial charge in [0.1, 0.15) is 5.82 Å². The fraction of sp³-hybridized carbons (Fsp3) is 0.0952. The lowest BCUT2D eigenvalue weighted by atomic mass is 10.0. The molecule has 0 amide bonds. The first kappa shape index (κ1) is 21.8. The average Bonchev–Trinajstić information content (AvgIpc) is 3.21. The molecule has 0 bridgehead atoms. The van der Waals surface area contributed by atoms with Gasteiger partial charge in [-0.2, -0.15) is 5.26 Å². The SMILES string of the molecule is N#CCCc1cnc(-c2ccccc2)[nH]1.O=C(O)c1ccc(C(=O)O)c(C(=O)O)c1. The number of aromatic carboxylic acids is 3. The lowest BCUT2D eigenvalue weighted by Gasteiger charge is -2.02. The zero-order chi connectivity index (χ0) is 22.1. The van der Waals surface area contributed by atoms with E-state index >= 15 is 0 Å². The fourth-order valence-electron chi connectivity index (χ4n) is 2.46. The van der Waals surface area contributed by atoms with E-state index in [0.717, 1.165) is 41.7 Å². The first-order valence-corrected chi connectivity index (χ1v) is 8.63. The summed E-state index contributed by atoms with van der Waals surface area (Å²) < 4.78 is 0. The van der Waals surface area contributed by atoms with Crippen molar-refractivity contribution in [2.75, 3.05) is 0 Å². The number of rotatable bonds is 6. The molecule has 9 nitrogen and oxygen atoms in total. The molecule has 0 spiro atoms. The fourth-order valence-corrected chi connectivity index (χ4v) is 2.46. The summed E-state index contributed by atoms with van der Waals surface area (Å²) in [6, 6.07) is 14.9. The van der Waals surface area contributed by atoms with Crippen molar-refractivity contribution >= 4 is 17.9 Å². The molecule has 0 aliphatic heterocycles. The average molecular weight is 407 g/mol. The van der Waals surface area contributed by atoms with Crippen LogP contribution in [0.15, 0.2) is 54.7 Å². The number of nitrogens with zero attached hydrogens (tertiary/aromatic N) is 2. The van der Waals surface area contributed by atoms with Crippen LogP contribution in [0.1, 0.15) is 43.2 Å². The molecule has 3 rings (SSSR count). The summed E-state index contributed by atoms with van der Waals surface area (Å²) in [7, 11) is 0. The largest absolute Gasteiger partial charge is 0.478 e. The van der Waals surface area contributed by atoms with E-state index < -0.39 is 29.0 Å². The Balaban J connectivity index is 0.000000214. The molecule has 3 aromatic rings. The molecule has 0 fully saturated rings. The zero-order valence-corrected chi connectivity index (χ0v) is 15.6. The Bertz CT molecular complexity index is 1100. The van der Waals surface area contributed by atoms with Gasteiger partial charge in [-0.05, 0) is 18.2 Å². The minimum Gasteiger partial charge on any atom is -0.478 e. The van der Waals surface area contributed by atoms with Crippen molar-refractivity contribution in [3.8, 4) is 17.5 Å². The molecular weight excluding hydrogens is 390 g/mol. The van der Waals surface area contributed by atoms with Gasteiger partial charge in [0.2, 0.25) is 0 Å². The van der Waals surface area contributed by atoms with Gasteiger partial charge in [-0.15, -0.1) is 0 Å². The number of benzene rings is 2. The third kappa shape index (κ3) is 5.77. The van der Waals surface area contributed by atoms with E-state index in [4.69, 9.17) is 20.6 Å². The molecule has 0 aliphatic rings. The predicted molar refractivity (Wildman–Crippen MR) is 105 cm³/mol. The molecule has 0 atom stereocenters. The highest BCUT2D eigenvalue weighted by molar-refractivity contribution is 6.03. The van der Waals surface area contributed by atoms with Crippen LogP contribution in [-0.2, 0) is 6.42 Å². The van der Waals surface area contributed by atoms with Crippen molar-refractivity contribution in [1.82, 2.24) is 9.97 Å². The number of nitrogens with one attached hydrogen (secondary N) is 1. The maximum Gasteiger partial charge on any atom is 0.336 e. The number of carboxylic acid groups (broad SMARTS) is 3. The predicted octanol–water partition coefficient (Wildman–Crippen LogP) is 3.31. The normalized spacial score (nSPS) is 9.70. The van der Waals surface area contributed by atoms with Crippen LogP contribution in [0.2, 0.25) is 0 Å². The Morgan fingerprint density at radius 1 is 0.933 bits per heavy atom. The van der Waals surface area contributed by atoms with Gasteiger partial charge in [-0.25, -0.2) is 19.4 Å². The highest BCUT2D eigenvalue weighted by Crippen LogP contribution is 2.15. The highest BCUT2D eigenvalue weighted by atomic mass is 16.4. The van der Waals surface area contributed by atoms with Gasteiger partial charge in [-0.1, -0.05) is 30.3 Å². The molecule has 0 radical (unpaired) electrons. The molecule has 152 valence electrons. The monoisotopic (exact) mass is 407 g/mol. The number of imidazole rings is 1. The van der Waals surface area contributed by atoms with E-state index in [0.29, 0.717) is 6.42 Å². The summed E-state index contributed by atoms with van der Waals surface area (Å²) in [5, 5.41) is 34.3. The maximum atomic E-state index is 10.6. The summed E-state index contributed by atoms with van der Waals surface area (Å²) in [5.41, 5.74) is 0.836. The van der Waals surface area contributed by atoms with Crippen molar-refractivity contribution < 1.29 is 29.7 Å². The van der Waals surface area contributed by atoms with Crippen LogP contribution in [-0.4, -0.2) is 43.2 Å². The van der Waals surface area contributed by atoms with E-state index in [-0.39, 0.29) is 5.56 Å². The highest BCUT2D eigenvalue weighted by Gasteiger charge is 2.17. The van der Waals surface area contributed by atoms with Gasteiger partial charge in [-0.3, -0.25) is 0 Å². The summed E-state index contributed by atoms with van der Waals surface area (Å²) in [4.78, 5) is 39.2. The number of carboxylic acids is 3. The van der Waals surface area contributed by atoms with E-state index in [2.05, 4.69) is 16.0 Å². The first-order chi connectivity index (χ1) is 14.3. The second-order valence-corrected chi connectivity index (χ2v) is 5.96. The van der Waals surface area contributed by atoms with Gasteiger partial charge < -0.3 is 20.3 Å². The molecule has 0 saturated carbocycles. The molecule has 0 saturated heterocycles. The van der Waals surface area contributed by atoms with Crippen LogP contribution in [0.5, 0.6) is 0 Å². The second kappa shape index (κ2) is 10.2. The summed E-state index contributed by atoms with van der Waals surface area (Å²) in [6.07, 6.45) is 3.05. The smallest absolute Gasteiger partial charge is 0.336 e. The van der Waals surface area contributed by atoms with E-state index in [9.17, 15) is 14.4 Å². The maximum absolute atomic E-state index is 10.6. The van der Waals surface area contributed by atoms with Crippen LogP contribution >= 0.6 is 0 Å². The molecular formula is C21H17N3O6. The molecule has 9 heteroatoms. The Hall–Kier alpha value is -4.45. The van der Waals surface area contributed by atoms with Crippen LogP contribution in [0.25, 0.3) is 11.4 Å². The van der Waals surface area contributed by atoms with Gasteiger partial charge in [0.25, 0.3) is 0 Å². The van der Waals surface area contributed by atoms with Crippen molar-refractivity contribution in [2.45, 2.75) is 12.8 Å². The second-order valence-electron chi connectivity index (χ2n) is 5.96. The molecule has 1 heterocycles. The van der Waals surface area contributed by atoms with Gasteiger partial charge in [0.05, 0.1) is 22.8 Å². The van der Waals surface area contributed by atoms with E-state index in [1.54, 1.807) is 6.20 Å². The first-order valence-electron chi connectivity index (χ1n) is 8.63. The third-order valence-electron chi connectivity index (χ3n) is 3.91. The third-order valence-corrected chi connectivity index (χ3v) is 3.91. The van der Waals surface area contributed by atoms with Gasteiger partial charge in [0, 0.05) is 30.3 Å². The Kier molecular flexibility index (Phi) is 7.42. The topological polar surface area (TPSA) is 164 Å². The molecule has 4 N–H and O–H groups in total. The van der Waals surface area contributed by atoms with Crippen molar-refractivity contribution in [1.29, 1.82) is 5.26 Å². The van der Waals surface area contributed by atoms with Crippen LogP contribution < -0.4 is 0 Å². The lowest BCUT2D eigenvalue weighted by Crippen LogP contribution is -2.10. The number of aromatic amines is 1. The summed E-state index contributed by atoms with van der Waals surface area (Å²) >= 11 is 0. The number of nitriles is 1. The van der Waals surface area contributed by atoms with Crippen LogP contribution in [0, 0.1) is 11.3 Å². The summed E-state index contributed by atoms with van der Waals surface area (Å²) in [6.45, 7) is 0. The molecule has 1 aromatic heterocycles. The number of aromatic nitrogens is 2. The standard InChI is InChI=1S/C12H11N3.C9H6O6/c13-8-4-7-11-9-14-12(15-11)10-5-2-1-3-6-10;10-7(11)4-1-2-5(8(12)13)6(3-4)9(14)15/h1-3,5-6,9H,4,7H2,(H,14,15);1-3H,(H,10,11)(H,12,13)(H,14,15). The van der Waals surface area contributed by atoms with E-state index in [1.807, 2.05) is 30.3 Å². The molecule has 2 aromatic carbocycles. The number of aryl methyl sites for hydroxylation is 1. The number of hydrogen-bond donors (Lipinski definition) is 4. The number of hydrogen-bond acceptors (Lipinski definition) is 5. The Morgan fingerprint density at radius 2 is 1.60 bits per heavy atom.